The summed E-state index contributed by atoms with van der Waals surface area (Å²) in [5.74, 6) is -0.970. The average Bonchev–Trinajstić information content (AvgIpc) is 2.61. The van der Waals surface area contributed by atoms with Crippen LogP contribution in [0.3, 0.4) is 0 Å². The predicted molar refractivity (Wildman–Crippen MR) is 68.5 cm³/mol. The molecule has 6 nitrogen and oxygen atoms in total. The first-order valence-electron chi connectivity index (χ1n) is 6.24. The Morgan fingerprint density at radius 2 is 2.00 bits per heavy atom. The molecule has 6 heteroatoms. The number of ether oxygens (including phenoxy) is 2. The van der Waals surface area contributed by atoms with Crippen LogP contribution in [0.5, 0.6) is 0 Å². The lowest BCUT2D eigenvalue weighted by molar-refractivity contribution is -0.161. The topological polar surface area (TPSA) is 70.4 Å². The van der Waals surface area contributed by atoms with E-state index >= 15 is 0 Å². The van der Waals surface area contributed by atoms with Gasteiger partial charge in [-0.2, -0.15) is 5.10 Å². The van der Waals surface area contributed by atoms with Crippen molar-refractivity contribution in [3.63, 3.8) is 0 Å². The molecule has 0 unspecified atom stereocenters. The summed E-state index contributed by atoms with van der Waals surface area (Å²) >= 11 is 0. The fourth-order valence-corrected chi connectivity index (χ4v) is 1.61. The van der Waals surface area contributed by atoms with Crippen molar-refractivity contribution < 1.29 is 19.1 Å². The number of hydrogen-bond donors (Lipinski definition) is 0. The summed E-state index contributed by atoms with van der Waals surface area (Å²) in [5, 5.41) is 4.23. The summed E-state index contributed by atoms with van der Waals surface area (Å²) in [6.45, 7) is 7.39. The molecule has 0 saturated heterocycles. The van der Waals surface area contributed by atoms with Crippen molar-refractivity contribution in [3.05, 3.63) is 17.5 Å². The van der Waals surface area contributed by atoms with Crippen LogP contribution in [0.25, 0.3) is 0 Å². The van der Waals surface area contributed by atoms with Gasteiger partial charge in [0, 0.05) is 5.69 Å². The van der Waals surface area contributed by atoms with Crippen LogP contribution >= 0.6 is 0 Å². The maximum atomic E-state index is 11.5. The Labute approximate surface area is 112 Å². The second-order valence-electron chi connectivity index (χ2n) is 4.60. The third-order valence-electron chi connectivity index (χ3n) is 2.35. The monoisotopic (exact) mass is 268 g/mol. The van der Waals surface area contributed by atoms with Gasteiger partial charge in [-0.25, -0.2) is 4.79 Å². The number of aryl methyl sites for hydroxylation is 3. The summed E-state index contributed by atoms with van der Waals surface area (Å²) in [7, 11) is 0. The van der Waals surface area contributed by atoms with Gasteiger partial charge in [-0.1, -0.05) is 0 Å². The molecule has 0 aliphatic carbocycles. The zero-order valence-corrected chi connectivity index (χ0v) is 11.8. The minimum Gasteiger partial charge on any atom is -0.460 e. The van der Waals surface area contributed by atoms with Crippen LogP contribution in [-0.2, 0) is 25.6 Å². The molecule has 0 aliphatic rings. The molecule has 0 atom stereocenters. The van der Waals surface area contributed by atoms with E-state index in [1.807, 2.05) is 19.9 Å². The molecule has 0 spiro atoms. The second kappa shape index (κ2) is 6.92. The van der Waals surface area contributed by atoms with Crippen molar-refractivity contribution >= 4 is 11.9 Å². The highest BCUT2D eigenvalue weighted by Gasteiger charge is 2.11. The number of aromatic nitrogens is 2. The number of carbonyl (C=O) groups excluding carboxylic acids is 2. The third-order valence-corrected chi connectivity index (χ3v) is 2.35. The molecule has 0 fully saturated rings. The van der Waals surface area contributed by atoms with Crippen molar-refractivity contribution in [3.8, 4) is 0 Å². The summed E-state index contributed by atoms with van der Waals surface area (Å²) in [6.07, 6.45) is -0.0300. The Balaban J connectivity index is 2.28. The lowest BCUT2D eigenvalue weighted by Gasteiger charge is -2.08. The molecule has 0 aliphatic heterocycles. The minimum absolute atomic E-state index is 0.177. The highest BCUT2D eigenvalue weighted by molar-refractivity contribution is 5.76. The first-order valence-corrected chi connectivity index (χ1v) is 6.24. The van der Waals surface area contributed by atoms with Gasteiger partial charge < -0.3 is 9.47 Å². The van der Waals surface area contributed by atoms with E-state index in [4.69, 9.17) is 9.47 Å². The number of carbonyl (C=O) groups is 2. The summed E-state index contributed by atoms with van der Waals surface area (Å²) in [4.78, 5) is 22.6. The van der Waals surface area contributed by atoms with Gasteiger partial charge in [0.1, 0.15) is 0 Å². The number of rotatable bonds is 6. The second-order valence-corrected chi connectivity index (χ2v) is 4.60. The molecule has 1 aromatic rings. The fourth-order valence-electron chi connectivity index (χ4n) is 1.61. The van der Waals surface area contributed by atoms with Crippen LogP contribution in [0.15, 0.2) is 6.07 Å². The first-order chi connectivity index (χ1) is 8.88. The van der Waals surface area contributed by atoms with Gasteiger partial charge in [0.15, 0.2) is 6.61 Å². The van der Waals surface area contributed by atoms with E-state index in [2.05, 4.69) is 5.10 Å². The van der Waals surface area contributed by atoms with Crippen molar-refractivity contribution in [2.75, 3.05) is 6.61 Å². The summed E-state index contributed by atoms with van der Waals surface area (Å²) in [6, 6.07) is 1.94. The molecule has 1 rings (SSSR count). The molecule has 0 amide bonds. The van der Waals surface area contributed by atoms with Gasteiger partial charge in [0.2, 0.25) is 0 Å². The highest BCUT2D eigenvalue weighted by Crippen LogP contribution is 2.03. The molecule has 1 aromatic heterocycles. The van der Waals surface area contributed by atoms with Gasteiger partial charge in [-0.15, -0.1) is 0 Å². The van der Waals surface area contributed by atoms with E-state index in [0.717, 1.165) is 11.4 Å². The normalized spacial score (nSPS) is 10.6. The maximum Gasteiger partial charge on any atom is 0.344 e. The zero-order valence-electron chi connectivity index (χ0n) is 11.8. The van der Waals surface area contributed by atoms with Crippen LogP contribution in [0.1, 0.15) is 31.7 Å². The Hall–Kier alpha value is -1.85. The van der Waals surface area contributed by atoms with Gasteiger partial charge in [0.25, 0.3) is 0 Å². The smallest absolute Gasteiger partial charge is 0.344 e. The van der Waals surface area contributed by atoms with Crippen LogP contribution in [0, 0.1) is 13.8 Å². The van der Waals surface area contributed by atoms with Gasteiger partial charge in [-0.05, 0) is 33.8 Å². The maximum absolute atomic E-state index is 11.5. The predicted octanol–water partition coefficient (Wildman–Crippen LogP) is 1.38. The lowest BCUT2D eigenvalue weighted by atomic mass is 10.4. The van der Waals surface area contributed by atoms with Crippen molar-refractivity contribution in [2.45, 2.75) is 46.8 Å². The Bertz CT molecular complexity index is 451. The highest BCUT2D eigenvalue weighted by atomic mass is 16.6. The minimum atomic E-state index is -0.533. The Kier molecular flexibility index (Phi) is 5.54. The molecule has 0 aromatic carbocycles. The van der Waals surface area contributed by atoms with E-state index in [1.165, 1.54) is 0 Å². The molecule has 0 radical (unpaired) electrons. The van der Waals surface area contributed by atoms with Gasteiger partial charge >= 0.3 is 11.9 Å². The molecule has 0 saturated carbocycles. The summed E-state index contributed by atoms with van der Waals surface area (Å²) in [5.41, 5.74) is 1.90. The third kappa shape index (κ3) is 5.54. The van der Waals surface area contributed by atoms with Crippen molar-refractivity contribution in [1.29, 1.82) is 0 Å². The lowest BCUT2D eigenvalue weighted by Crippen LogP contribution is -2.20. The van der Waals surface area contributed by atoms with Crippen LogP contribution in [0.2, 0.25) is 0 Å². The van der Waals surface area contributed by atoms with Crippen LogP contribution in [0.4, 0.5) is 0 Å². The average molecular weight is 268 g/mol. The SMILES string of the molecule is Cc1cc(C)n(CCC(=O)OCC(=O)OC(C)C)n1. The number of hydrogen-bond acceptors (Lipinski definition) is 5. The Morgan fingerprint density at radius 3 is 2.53 bits per heavy atom. The molecule has 19 heavy (non-hydrogen) atoms. The van der Waals surface area contributed by atoms with Crippen molar-refractivity contribution in [1.82, 2.24) is 9.78 Å². The standard InChI is InChI=1S/C13H20N2O4/c1-9(2)19-13(17)8-18-12(16)5-6-15-11(4)7-10(3)14-15/h7,9H,5-6,8H2,1-4H3. The molecule has 106 valence electrons. The van der Waals surface area contributed by atoms with E-state index < -0.39 is 11.9 Å². The van der Waals surface area contributed by atoms with Crippen LogP contribution in [-0.4, -0.2) is 34.4 Å². The van der Waals surface area contributed by atoms with E-state index in [1.54, 1.807) is 18.5 Å². The molecule has 1 heterocycles. The molecular weight excluding hydrogens is 248 g/mol. The summed E-state index contributed by atoms with van der Waals surface area (Å²) < 4.78 is 11.4. The molecule has 0 N–H and O–H groups in total. The fraction of sp³-hybridized carbons (Fsp3) is 0.615. The number of esters is 2. The largest absolute Gasteiger partial charge is 0.460 e. The van der Waals surface area contributed by atoms with Gasteiger partial charge in [0.05, 0.1) is 24.8 Å². The van der Waals surface area contributed by atoms with E-state index in [0.29, 0.717) is 6.54 Å². The van der Waals surface area contributed by atoms with Crippen molar-refractivity contribution in [2.24, 2.45) is 0 Å². The number of nitrogens with zero attached hydrogens (tertiary/aromatic N) is 2. The molecular formula is C13H20N2O4. The Morgan fingerprint density at radius 1 is 1.32 bits per heavy atom. The zero-order chi connectivity index (χ0) is 14.4. The van der Waals surface area contributed by atoms with E-state index in [-0.39, 0.29) is 19.1 Å². The van der Waals surface area contributed by atoms with Crippen LogP contribution < -0.4 is 0 Å². The van der Waals surface area contributed by atoms with E-state index in [9.17, 15) is 9.59 Å². The van der Waals surface area contributed by atoms with Gasteiger partial charge in [-0.3, -0.25) is 9.48 Å². The molecule has 0 bridgehead atoms. The first kappa shape index (κ1) is 15.2. The quantitative estimate of drug-likeness (QED) is 0.729.